The molecule has 0 bridgehead atoms. The largest absolute Gasteiger partial charge is 0.314 e. The molecule has 1 unspecified atom stereocenters. The van der Waals surface area contributed by atoms with Gasteiger partial charge in [0.2, 0.25) is 0 Å². The summed E-state index contributed by atoms with van der Waals surface area (Å²) in [4.78, 5) is 7.14. The van der Waals surface area contributed by atoms with Crippen molar-refractivity contribution in [2.75, 3.05) is 19.6 Å². The minimum Gasteiger partial charge on any atom is -0.314 e. The molecule has 3 rings (SSSR count). The van der Waals surface area contributed by atoms with Gasteiger partial charge in [-0.1, -0.05) is 31.2 Å². The second-order valence-corrected chi connectivity index (χ2v) is 5.23. The second-order valence-electron chi connectivity index (χ2n) is 5.23. The van der Waals surface area contributed by atoms with Crippen LogP contribution >= 0.6 is 0 Å². The molecule has 1 aliphatic rings. The lowest BCUT2D eigenvalue weighted by molar-refractivity contribution is 0.149. The first kappa shape index (κ1) is 12.6. The molecule has 3 nitrogen and oxygen atoms in total. The van der Waals surface area contributed by atoms with Gasteiger partial charge in [-0.05, 0) is 18.1 Å². The average molecular weight is 255 g/mol. The summed E-state index contributed by atoms with van der Waals surface area (Å²) in [5, 5.41) is 4.72. The smallest absolute Gasteiger partial charge is 0.0746 e. The van der Waals surface area contributed by atoms with Crippen LogP contribution in [-0.4, -0.2) is 35.6 Å². The molecule has 1 N–H and O–H groups in total. The molecule has 0 saturated carbocycles. The van der Waals surface area contributed by atoms with E-state index >= 15 is 0 Å². The van der Waals surface area contributed by atoms with Gasteiger partial charge in [0.25, 0.3) is 0 Å². The van der Waals surface area contributed by atoms with Crippen molar-refractivity contribution >= 4 is 10.9 Å². The predicted octanol–water partition coefficient (Wildman–Crippen LogP) is 2.42. The standard InChI is InChI=1S/C16H21N3/c1-2-15-11-17-9-10-19(15)12-14-6-3-5-13-7-4-8-18-16(13)14/h3-8,15,17H,2,9-12H2,1H3. The molecule has 0 amide bonds. The number of hydrogen-bond donors (Lipinski definition) is 1. The van der Waals surface area contributed by atoms with Crippen molar-refractivity contribution in [2.24, 2.45) is 0 Å². The van der Waals surface area contributed by atoms with Gasteiger partial charge in [0.1, 0.15) is 0 Å². The number of aromatic nitrogens is 1. The monoisotopic (exact) mass is 255 g/mol. The quantitative estimate of drug-likeness (QED) is 0.913. The highest BCUT2D eigenvalue weighted by molar-refractivity contribution is 5.81. The minimum atomic E-state index is 0.646. The predicted molar refractivity (Wildman–Crippen MR) is 79.1 cm³/mol. The Labute approximate surface area is 114 Å². The van der Waals surface area contributed by atoms with Gasteiger partial charge in [0.05, 0.1) is 5.52 Å². The summed E-state index contributed by atoms with van der Waals surface area (Å²) in [6.45, 7) is 6.60. The Bertz CT molecular complexity index is 547. The molecule has 0 spiro atoms. The van der Waals surface area contributed by atoms with Crippen LogP contribution in [0.15, 0.2) is 36.5 Å². The van der Waals surface area contributed by atoms with Crippen LogP contribution in [0.25, 0.3) is 10.9 Å². The third-order valence-corrected chi connectivity index (χ3v) is 4.03. The lowest BCUT2D eigenvalue weighted by Gasteiger charge is -2.35. The van der Waals surface area contributed by atoms with Gasteiger partial charge in [-0.15, -0.1) is 0 Å². The Morgan fingerprint density at radius 1 is 1.32 bits per heavy atom. The van der Waals surface area contributed by atoms with Crippen molar-refractivity contribution in [2.45, 2.75) is 25.9 Å². The Balaban J connectivity index is 1.88. The van der Waals surface area contributed by atoms with E-state index < -0.39 is 0 Å². The summed E-state index contributed by atoms with van der Waals surface area (Å²) >= 11 is 0. The number of piperazine rings is 1. The average Bonchev–Trinajstić information content (AvgIpc) is 2.48. The molecule has 1 aliphatic heterocycles. The van der Waals surface area contributed by atoms with Gasteiger partial charge in [0, 0.05) is 43.8 Å². The number of nitrogens with zero attached hydrogens (tertiary/aromatic N) is 2. The number of rotatable bonds is 3. The van der Waals surface area contributed by atoms with Crippen molar-refractivity contribution in [3.63, 3.8) is 0 Å². The van der Waals surface area contributed by atoms with E-state index in [9.17, 15) is 0 Å². The van der Waals surface area contributed by atoms with E-state index in [0.717, 1.165) is 31.7 Å². The van der Waals surface area contributed by atoms with E-state index in [2.05, 4.69) is 46.4 Å². The van der Waals surface area contributed by atoms with Gasteiger partial charge in [-0.2, -0.15) is 0 Å². The third kappa shape index (κ3) is 2.62. The van der Waals surface area contributed by atoms with Gasteiger partial charge in [0.15, 0.2) is 0 Å². The minimum absolute atomic E-state index is 0.646. The molecular weight excluding hydrogens is 234 g/mol. The summed E-state index contributed by atoms with van der Waals surface area (Å²) in [5.74, 6) is 0. The molecule has 1 fully saturated rings. The zero-order valence-corrected chi connectivity index (χ0v) is 11.5. The number of hydrogen-bond acceptors (Lipinski definition) is 3. The summed E-state index contributed by atoms with van der Waals surface area (Å²) in [5.41, 5.74) is 2.50. The molecule has 19 heavy (non-hydrogen) atoms. The molecule has 3 heteroatoms. The van der Waals surface area contributed by atoms with Crippen LogP contribution in [0.2, 0.25) is 0 Å². The van der Waals surface area contributed by atoms with Crippen LogP contribution < -0.4 is 5.32 Å². The summed E-state index contributed by atoms with van der Waals surface area (Å²) in [7, 11) is 0. The molecule has 1 saturated heterocycles. The highest BCUT2D eigenvalue weighted by Gasteiger charge is 2.21. The van der Waals surface area contributed by atoms with Crippen LogP contribution in [0.4, 0.5) is 0 Å². The van der Waals surface area contributed by atoms with E-state index in [1.54, 1.807) is 0 Å². The third-order valence-electron chi connectivity index (χ3n) is 4.03. The molecule has 1 aromatic heterocycles. The SMILES string of the molecule is CCC1CNCCN1Cc1cccc2cccnc12. The van der Waals surface area contributed by atoms with E-state index in [0.29, 0.717) is 6.04 Å². The molecular formula is C16H21N3. The highest BCUT2D eigenvalue weighted by Crippen LogP contribution is 2.19. The van der Waals surface area contributed by atoms with Crippen molar-refractivity contribution in [1.29, 1.82) is 0 Å². The zero-order chi connectivity index (χ0) is 13.1. The molecule has 0 radical (unpaired) electrons. The number of pyridine rings is 1. The van der Waals surface area contributed by atoms with Gasteiger partial charge < -0.3 is 5.32 Å². The van der Waals surface area contributed by atoms with E-state index in [-0.39, 0.29) is 0 Å². The molecule has 0 aliphatic carbocycles. The Hall–Kier alpha value is -1.45. The summed E-state index contributed by atoms with van der Waals surface area (Å²) in [6.07, 6.45) is 3.09. The second kappa shape index (κ2) is 5.68. The fourth-order valence-corrected chi connectivity index (χ4v) is 2.93. The lowest BCUT2D eigenvalue weighted by atomic mass is 10.1. The van der Waals surface area contributed by atoms with Gasteiger partial charge >= 0.3 is 0 Å². The molecule has 2 heterocycles. The first-order valence-corrected chi connectivity index (χ1v) is 7.16. The maximum Gasteiger partial charge on any atom is 0.0746 e. The van der Waals surface area contributed by atoms with E-state index in [1.807, 2.05) is 12.3 Å². The van der Waals surface area contributed by atoms with E-state index in [1.165, 1.54) is 17.4 Å². The maximum absolute atomic E-state index is 4.56. The maximum atomic E-state index is 4.56. The number of benzene rings is 1. The van der Waals surface area contributed by atoms with Crippen molar-refractivity contribution < 1.29 is 0 Å². The Morgan fingerprint density at radius 3 is 3.11 bits per heavy atom. The van der Waals surface area contributed by atoms with Crippen LogP contribution in [0.5, 0.6) is 0 Å². The fourth-order valence-electron chi connectivity index (χ4n) is 2.93. The van der Waals surface area contributed by atoms with Crippen LogP contribution in [0.1, 0.15) is 18.9 Å². The number of para-hydroxylation sites is 1. The van der Waals surface area contributed by atoms with Crippen molar-refractivity contribution in [1.82, 2.24) is 15.2 Å². The van der Waals surface area contributed by atoms with Gasteiger partial charge in [-0.3, -0.25) is 9.88 Å². The normalized spacial score (nSPS) is 20.8. The molecule has 1 aromatic carbocycles. The van der Waals surface area contributed by atoms with Crippen LogP contribution in [0, 0.1) is 0 Å². The number of fused-ring (bicyclic) bond motifs is 1. The summed E-state index contributed by atoms with van der Waals surface area (Å²) < 4.78 is 0. The zero-order valence-electron chi connectivity index (χ0n) is 11.5. The molecule has 2 aromatic rings. The first-order chi connectivity index (χ1) is 9.38. The highest BCUT2D eigenvalue weighted by atomic mass is 15.2. The molecule has 100 valence electrons. The molecule has 1 atom stereocenters. The van der Waals surface area contributed by atoms with Gasteiger partial charge in [-0.25, -0.2) is 0 Å². The fraction of sp³-hybridized carbons (Fsp3) is 0.438. The summed E-state index contributed by atoms with van der Waals surface area (Å²) in [6, 6.07) is 11.3. The van der Waals surface area contributed by atoms with Crippen LogP contribution in [-0.2, 0) is 6.54 Å². The Morgan fingerprint density at radius 2 is 2.21 bits per heavy atom. The van der Waals surface area contributed by atoms with Crippen LogP contribution in [0.3, 0.4) is 0 Å². The topological polar surface area (TPSA) is 28.2 Å². The lowest BCUT2D eigenvalue weighted by Crippen LogP contribution is -2.50. The van der Waals surface area contributed by atoms with Crippen molar-refractivity contribution in [3.8, 4) is 0 Å². The first-order valence-electron chi connectivity index (χ1n) is 7.16. The number of nitrogens with one attached hydrogen (secondary N) is 1. The van der Waals surface area contributed by atoms with Crippen molar-refractivity contribution in [3.05, 3.63) is 42.1 Å². The Kier molecular flexibility index (Phi) is 3.76. The van der Waals surface area contributed by atoms with E-state index in [4.69, 9.17) is 0 Å².